The number of halogens is 1. The second-order valence-electron chi connectivity index (χ2n) is 5.55. The molecule has 0 spiro atoms. The molecule has 0 radical (unpaired) electrons. The molecule has 4 heteroatoms. The zero-order valence-electron chi connectivity index (χ0n) is 14.0. The van der Waals surface area contributed by atoms with E-state index in [4.69, 9.17) is 21.1 Å². The maximum Gasteiger partial charge on any atom is 0.163 e. The van der Waals surface area contributed by atoms with Crippen LogP contribution in [0.2, 0.25) is 5.02 Å². The third kappa shape index (κ3) is 5.15. The van der Waals surface area contributed by atoms with Crippen LogP contribution in [-0.2, 0) is 13.2 Å². The van der Waals surface area contributed by atoms with E-state index in [9.17, 15) is 0 Å². The van der Waals surface area contributed by atoms with Gasteiger partial charge in [-0.05, 0) is 37.1 Å². The summed E-state index contributed by atoms with van der Waals surface area (Å²) in [6.45, 7) is 6.38. The van der Waals surface area contributed by atoms with Crippen molar-refractivity contribution in [3.8, 4) is 11.5 Å². The fraction of sp³-hybridized carbons (Fsp3) is 0.368. The van der Waals surface area contributed by atoms with Gasteiger partial charge in [0.05, 0.1) is 7.11 Å². The molecule has 0 atom stereocenters. The fourth-order valence-corrected chi connectivity index (χ4v) is 2.57. The molecule has 0 saturated carbocycles. The third-order valence-corrected chi connectivity index (χ3v) is 3.90. The number of hydrogen-bond donors (Lipinski definition) is 1. The third-order valence-electron chi connectivity index (χ3n) is 3.55. The molecule has 2 aromatic rings. The van der Waals surface area contributed by atoms with Crippen LogP contribution in [0.25, 0.3) is 0 Å². The highest BCUT2D eigenvalue weighted by atomic mass is 35.5. The lowest BCUT2D eigenvalue weighted by atomic mass is 10.1. The van der Waals surface area contributed by atoms with E-state index < -0.39 is 0 Å². The Morgan fingerprint density at radius 2 is 1.96 bits per heavy atom. The van der Waals surface area contributed by atoms with Gasteiger partial charge in [-0.2, -0.15) is 0 Å². The van der Waals surface area contributed by atoms with E-state index in [0.29, 0.717) is 23.1 Å². The highest BCUT2D eigenvalue weighted by Gasteiger charge is 2.11. The number of rotatable bonds is 8. The monoisotopic (exact) mass is 333 g/mol. The normalized spacial score (nSPS) is 10.6. The van der Waals surface area contributed by atoms with Crippen molar-refractivity contribution in [1.29, 1.82) is 0 Å². The van der Waals surface area contributed by atoms with Crippen LogP contribution in [0, 0.1) is 6.92 Å². The summed E-state index contributed by atoms with van der Waals surface area (Å²) in [7, 11) is 1.64. The van der Waals surface area contributed by atoms with E-state index in [1.165, 1.54) is 5.56 Å². The number of hydrogen-bond acceptors (Lipinski definition) is 3. The van der Waals surface area contributed by atoms with Gasteiger partial charge in [0.2, 0.25) is 0 Å². The van der Waals surface area contributed by atoms with E-state index in [1.54, 1.807) is 7.11 Å². The highest BCUT2D eigenvalue weighted by molar-refractivity contribution is 6.31. The van der Waals surface area contributed by atoms with Gasteiger partial charge in [0.1, 0.15) is 6.61 Å². The second kappa shape index (κ2) is 8.80. The number of methoxy groups -OCH3 is 1. The van der Waals surface area contributed by atoms with Crippen LogP contribution in [0.4, 0.5) is 0 Å². The first-order valence-electron chi connectivity index (χ1n) is 7.89. The van der Waals surface area contributed by atoms with Gasteiger partial charge in [0.15, 0.2) is 11.5 Å². The summed E-state index contributed by atoms with van der Waals surface area (Å²) in [5.41, 5.74) is 3.35. The van der Waals surface area contributed by atoms with Crippen molar-refractivity contribution in [3.63, 3.8) is 0 Å². The van der Waals surface area contributed by atoms with E-state index in [2.05, 4.69) is 31.3 Å². The number of nitrogens with one attached hydrogen (secondary N) is 1. The summed E-state index contributed by atoms with van der Waals surface area (Å²) < 4.78 is 11.3. The Labute approximate surface area is 143 Å². The predicted octanol–water partition coefficient (Wildman–Crippen LogP) is 4.74. The molecule has 23 heavy (non-hydrogen) atoms. The van der Waals surface area contributed by atoms with Gasteiger partial charge in [-0.1, -0.05) is 48.4 Å². The topological polar surface area (TPSA) is 30.5 Å². The van der Waals surface area contributed by atoms with E-state index in [-0.39, 0.29) is 0 Å². The lowest BCUT2D eigenvalue weighted by Gasteiger charge is -2.14. The summed E-state index contributed by atoms with van der Waals surface area (Å²) in [5, 5.41) is 4.03. The first kappa shape index (κ1) is 17.6. The number of aryl methyl sites for hydroxylation is 1. The molecular formula is C19H24ClNO2. The molecule has 1 N–H and O–H groups in total. The zero-order valence-corrected chi connectivity index (χ0v) is 14.7. The molecule has 0 aromatic heterocycles. The molecule has 0 bridgehead atoms. The molecule has 3 nitrogen and oxygen atoms in total. The van der Waals surface area contributed by atoms with Crippen LogP contribution >= 0.6 is 11.6 Å². The minimum atomic E-state index is 0.488. The number of benzene rings is 2. The summed E-state index contributed by atoms with van der Waals surface area (Å²) >= 11 is 6.37. The van der Waals surface area contributed by atoms with E-state index in [0.717, 1.165) is 30.6 Å². The van der Waals surface area contributed by atoms with Crippen molar-refractivity contribution >= 4 is 11.6 Å². The van der Waals surface area contributed by atoms with Crippen LogP contribution in [0.15, 0.2) is 36.4 Å². The van der Waals surface area contributed by atoms with Gasteiger partial charge < -0.3 is 14.8 Å². The minimum absolute atomic E-state index is 0.488. The Morgan fingerprint density at radius 1 is 1.13 bits per heavy atom. The van der Waals surface area contributed by atoms with Gasteiger partial charge in [-0.15, -0.1) is 0 Å². The van der Waals surface area contributed by atoms with Gasteiger partial charge in [-0.25, -0.2) is 0 Å². The van der Waals surface area contributed by atoms with Gasteiger partial charge in [0.25, 0.3) is 0 Å². The minimum Gasteiger partial charge on any atom is -0.493 e. The van der Waals surface area contributed by atoms with Crippen molar-refractivity contribution in [3.05, 3.63) is 58.1 Å². The largest absolute Gasteiger partial charge is 0.493 e. The van der Waals surface area contributed by atoms with Gasteiger partial charge in [0, 0.05) is 17.6 Å². The average Bonchev–Trinajstić information content (AvgIpc) is 2.54. The molecule has 0 aliphatic heterocycles. The van der Waals surface area contributed by atoms with Gasteiger partial charge in [-0.3, -0.25) is 0 Å². The maximum atomic E-state index is 6.37. The molecule has 124 valence electrons. The average molecular weight is 334 g/mol. The molecule has 2 aromatic carbocycles. The van der Waals surface area contributed by atoms with E-state index >= 15 is 0 Å². The lowest BCUT2D eigenvalue weighted by molar-refractivity contribution is 0.284. The molecule has 0 saturated heterocycles. The maximum absolute atomic E-state index is 6.37. The lowest BCUT2D eigenvalue weighted by Crippen LogP contribution is -2.14. The quantitative estimate of drug-likeness (QED) is 0.708. The Bertz CT molecular complexity index is 643. The second-order valence-corrected chi connectivity index (χ2v) is 5.96. The Morgan fingerprint density at radius 3 is 2.65 bits per heavy atom. The molecule has 0 fully saturated rings. The smallest absolute Gasteiger partial charge is 0.163 e. The molecule has 0 unspecified atom stereocenters. The summed E-state index contributed by atoms with van der Waals surface area (Å²) in [4.78, 5) is 0. The molecule has 0 amide bonds. The first-order valence-corrected chi connectivity index (χ1v) is 8.27. The Hall–Kier alpha value is -1.71. The molecule has 0 heterocycles. The van der Waals surface area contributed by atoms with Crippen LogP contribution in [0.3, 0.4) is 0 Å². The Balaban J connectivity index is 2.10. The van der Waals surface area contributed by atoms with Crippen LogP contribution in [0.1, 0.15) is 30.0 Å². The van der Waals surface area contributed by atoms with Gasteiger partial charge >= 0.3 is 0 Å². The summed E-state index contributed by atoms with van der Waals surface area (Å²) in [5.74, 6) is 1.37. The molecular weight excluding hydrogens is 310 g/mol. The van der Waals surface area contributed by atoms with Crippen molar-refractivity contribution in [2.75, 3.05) is 13.7 Å². The Kier molecular flexibility index (Phi) is 6.75. The SMILES string of the molecule is CCCNCc1cc(OC)c(OCc2cccc(C)c2)cc1Cl. The first-order chi connectivity index (χ1) is 11.1. The standard InChI is InChI=1S/C19H24ClNO2/c1-4-8-21-12-16-10-18(22-3)19(11-17(16)20)23-13-15-7-5-6-14(2)9-15/h5-7,9-11,21H,4,8,12-13H2,1-3H3. The highest BCUT2D eigenvalue weighted by Crippen LogP contribution is 2.34. The van der Waals surface area contributed by atoms with Crippen molar-refractivity contribution in [1.82, 2.24) is 5.32 Å². The van der Waals surface area contributed by atoms with Crippen molar-refractivity contribution in [2.24, 2.45) is 0 Å². The molecule has 0 aliphatic rings. The predicted molar refractivity (Wildman–Crippen MR) is 95.5 cm³/mol. The van der Waals surface area contributed by atoms with E-state index in [1.807, 2.05) is 24.3 Å². The van der Waals surface area contributed by atoms with Crippen LogP contribution < -0.4 is 14.8 Å². The fourth-order valence-electron chi connectivity index (χ4n) is 2.35. The van der Waals surface area contributed by atoms with Crippen molar-refractivity contribution in [2.45, 2.75) is 33.4 Å². The summed E-state index contributed by atoms with van der Waals surface area (Å²) in [6.07, 6.45) is 1.09. The molecule has 0 aliphatic carbocycles. The van der Waals surface area contributed by atoms with Crippen molar-refractivity contribution < 1.29 is 9.47 Å². The summed E-state index contributed by atoms with van der Waals surface area (Å²) in [6, 6.07) is 12.0. The zero-order chi connectivity index (χ0) is 16.7. The van der Waals surface area contributed by atoms with Crippen LogP contribution in [0.5, 0.6) is 11.5 Å². The van der Waals surface area contributed by atoms with Crippen LogP contribution in [-0.4, -0.2) is 13.7 Å². The number of ether oxygens (including phenoxy) is 2. The molecule has 2 rings (SSSR count).